The summed E-state index contributed by atoms with van der Waals surface area (Å²) in [4.78, 5) is 4.44. The Morgan fingerprint density at radius 3 is 2.47 bits per heavy atom. The molecule has 0 unspecified atom stereocenters. The summed E-state index contributed by atoms with van der Waals surface area (Å²) < 4.78 is 6.06. The van der Waals surface area contributed by atoms with E-state index in [0.717, 1.165) is 24.1 Å². The van der Waals surface area contributed by atoms with Gasteiger partial charge in [-0.05, 0) is 51.2 Å². The Labute approximate surface area is 114 Å². The summed E-state index contributed by atoms with van der Waals surface area (Å²) in [6, 6.07) is 1.94. The van der Waals surface area contributed by atoms with Gasteiger partial charge in [-0.15, -0.1) is 0 Å². The van der Waals surface area contributed by atoms with Crippen LogP contribution < -0.4 is 10.5 Å². The summed E-state index contributed by atoms with van der Waals surface area (Å²) in [5.74, 6) is 0.575. The maximum absolute atomic E-state index is 7.71. The number of amidine groups is 1. The zero-order chi connectivity index (χ0) is 13.8. The average molecular weight is 261 g/mol. The van der Waals surface area contributed by atoms with E-state index in [2.05, 4.69) is 4.98 Å². The fraction of sp³-hybridized carbons (Fsp3) is 0.600. The maximum Gasteiger partial charge on any atom is 0.225 e. The van der Waals surface area contributed by atoms with Gasteiger partial charge in [-0.3, -0.25) is 5.41 Å². The van der Waals surface area contributed by atoms with Gasteiger partial charge in [0.2, 0.25) is 5.88 Å². The molecule has 1 aromatic heterocycles. The molecule has 2 rings (SSSR count). The first-order chi connectivity index (χ1) is 9.08. The third-order valence-corrected chi connectivity index (χ3v) is 3.66. The topological polar surface area (TPSA) is 72.0 Å². The number of nitrogens with two attached hydrogens (primary N) is 1. The molecule has 0 spiro atoms. The lowest BCUT2D eigenvalue weighted by Crippen LogP contribution is -2.21. The molecule has 104 valence electrons. The Balaban J connectivity index is 2.24. The lowest BCUT2D eigenvalue weighted by Gasteiger charge is -2.19. The molecule has 1 heterocycles. The third-order valence-electron chi connectivity index (χ3n) is 3.66. The van der Waals surface area contributed by atoms with Crippen molar-refractivity contribution in [2.75, 3.05) is 0 Å². The first kappa shape index (κ1) is 13.8. The SMILES string of the molecule is Cc1cc(C)c(C(=N)N)c(OC2CCCCCC2)n1. The molecular weight excluding hydrogens is 238 g/mol. The van der Waals surface area contributed by atoms with E-state index in [0.29, 0.717) is 11.4 Å². The van der Waals surface area contributed by atoms with Crippen LogP contribution in [-0.2, 0) is 0 Å². The van der Waals surface area contributed by atoms with Crippen LogP contribution in [0, 0.1) is 19.3 Å². The van der Waals surface area contributed by atoms with Crippen LogP contribution in [-0.4, -0.2) is 16.9 Å². The van der Waals surface area contributed by atoms with Gasteiger partial charge in [-0.25, -0.2) is 4.98 Å². The van der Waals surface area contributed by atoms with Crippen LogP contribution >= 0.6 is 0 Å². The van der Waals surface area contributed by atoms with E-state index in [-0.39, 0.29) is 11.9 Å². The van der Waals surface area contributed by atoms with Gasteiger partial charge < -0.3 is 10.5 Å². The van der Waals surface area contributed by atoms with Crippen LogP contribution in [0.5, 0.6) is 5.88 Å². The normalized spacial score (nSPS) is 16.9. The Morgan fingerprint density at radius 2 is 1.89 bits per heavy atom. The van der Waals surface area contributed by atoms with Crippen molar-refractivity contribution in [2.45, 2.75) is 58.5 Å². The lowest BCUT2D eigenvalue weighted by atomic mass is 10.1. The van der Waals surface area contributed by atoms with Gasteiger partial charge in [0, 0.05) is 5.69 Å². The second-order valence-corrected chi connectivity index (χ2v) is 5.41. The number of nitrogens with zero attached hydrogens (tertiary/aromatic N) is 1. The molecule has 1 aliphatic carbocycles. The molecular formula is C15H23N3O. The molecule has 3 N–H and O–H groups in total. The van der Waals surface area contributed by atoms with Gasteiger partial charge >= 0.3 is 0 Å². The minimum atomic E-state index is 0.0358. The van der Waals surface area contributed by atoms with Crippen molar-refractivity contribution in [2.24, 2.45) is 5.73 Å². The van der Waals surface area contributed by atoms with Crippen LogP contribution in [0.3, 0.4) is 0 Å². The van der Waals surface area contributed by atoms with E-state index < -0.39 is 0 Å². The average Bonchev–Trinajstić information content (AvgIpc) is 2.56. The highest BCUT2D eigenvalue weighted by atomic mass is 16.5. The molecule has 0 saturated heterocycles. The van der Waals surface area contributed by atoms with Crippen molar-refractivity contribution in [3.8, 4) is 5.88 Å². The first-order valence-electron chi connectivity index (χ1n) is 7.07. The molecule has 1 aliphatic rings. The molecule has 1 saturated carbocycles. The summed E-state index contributed by atoms with van der Waals surface area (Å²) in [6.07, 6.45) is 7.38. The highest BCUT2D eigenvalue weighted by molar-refractivity contribution is 5.98. The quantitative estimate of drug-likeness (QED) is 0.499. The summed E-state index contributed by atoms with van der Waals surface area (Å²) in [5, 5.41) is 7.71. The minimum Gasteiger partial charge on any atom is -0.474 e. The minimum absolute atomic E-state index is 0.0358. The Morgan fingerprint density at radius 1 is 1.26 bits per heavy atom. The van der Waals surface area contributed by atoms with E-state index in [1.807, 2.05) is 19.9 Å². The van der Waals surface area contributed by atoms with Crippen molar-refractivity contribution in [1.82, 2.24) is 4.98 Å². The number of nitrogens with one attached hydrogen (secondary N) is 1. The van der Waals surface area contributed by atoms with Crippen molar-refractivity contribution < 1.29 is 4.74 Å². The molecule has 1 fully saturated rings. The van der Waals surface area contributed by atoms with Crippen molar-refractivity contribution >= 4 is 5.84 Å². The van der Waals surface area contributed by atoms with Crippen molar-refractivity contribution in [3.05, 3.63) is 22.9 Å². The molecule has 0 aromatic carbocycles. The molecule has 0 atom stereocenters. The van der Waals surface area contributed by atoms with Crippen molar-refractivity contribution in [3.63, 3.8) is 0 Å². The van der Waals surface area contributed by atoms with Gasteiger partial charge in [-0.1, -0.05) is 12.8 Å². The summed E-state index contributed by atoms with van der Waals surface area (Å²) in [7, 11) is 0. The lowest BCUT2D eigenvalue weighted by molar-refractivity contribution is 0.175. The molecule has 0 radical (unpaired) electrons. The number of hydrogen-bond acceptors (Lipinski definition) is 3. The zero-order valence-corrected chi connectivity index (χ0v) is 11.8. The second kappa shape index (κ2) is 6.04. The van der Waals surface area contributed by atoms with Gasteiger partial charge in [0.25, 0.3) is 0 Å². The maximum atomic E-state index is 7.71. The Hall–Kier alpha value is -1.58. The molecule has 1 aromatic rings. The number of hydrogen-bond donors (Lipinski definition) is 2. The smallest absolute Gasteiger partial charge is 0.225 e. The second-order valence-electron chi connectivity index (χ2n) is 5.41. The van der Waals surface area contributed by atoms with E-state index in [9.17, 15) is 0 Å². The molecule has 4 nitrogen and oxygen atoms in total. The number of aromatic nitrogens is 1. The highest BCUT2D eigenvalue weighted by Crippen LogP contribution is 2.26. The van der Waals surface area contributed by atoms with Crippen LogP contribution in [0.25, 0.3) is 0 Å². The largest absolute Gasteiger partial charge is 0.474 e. The molecule has 0 aliphatic heterocycles. The number of pyridine rings is 1. The van der Waals surface area contributed by atoms with E-state index >= 15 is 0 Å². The highest BCUT2D eigenvalue weighted by Gasteiger charge is 2.19. The van der Waals surface area contributed by atoms with Gasteiger partial charge in [0.15, 0.2) is 0 Å². The summed E-state index contributed by atoms with van der Waals surface area (Å²) in [6.45, 7) is 3.89. The summed E-state index contributed by atoms with van der Waals surface area (Å²) >= 11 is 0. The van der Waals surface area contributed by atoms with E-state index in [4.69, 9.17) is 15.9 Å². The van der Waals surface area contributed by atoms with Crippen molar-refractivity contribution in [1.29, 1.82) is 5.41 Å². The fourth-order valence-electron chi connectivity index (χ4n) is 2.73. The van der Waals surface area contributed by atoms with Crippen LogP contribution in [0.4, 0.5) is 0 Å². The predicted molar refractivity (Wildman–Crippen MR) is 76.8 cm³/mol. The van der Waals surface area contributed by atoms with Gasteiger partial charge in [0.05, 0.1) is 5.56 Å². The monoisotopic (exact) mass is 261 g/mol. The number of ether oxygens (including phenoxy) is 1. The molecule has 0 bridgehead atoms. The van der Waals surface area contributed by atoms with Gasteiger partial charge in [0.1, 0.15) is 11.9 Å². The summed E-state index contributed by atoms with van der Waals surface area (Å²) in [5.41, 5.74) is 8.18. The van der Waals surface area contributed by atoms with Crippen LogP contribution in [0.1, 0.15) is 55.3 Å². The Kier molecular flexibility index (Phi) is 4.40. The van der Waals surface area contributed by atoms with Crippen LogP contribution in [0.15, 0.2) is 6.07 Å². The molecule has 19 heavy (non-hydrogen) atoms. The number of aryl methyl sites for hydroxylation is 2. The van der Waals surface area contributed by atoms with E-state index in [1.54, 1.807) is 0 Å². The molecule has 4 heteroatoms. The first-order valence-corrected chi connectivity index (χ1v) is 7.07. The number of nitrogen functional groups attached to an aromatic ring is 1. The zero-order valence-electron chi connectivity index (χ0n) is 11.8. The van der Waals surface area contributed by atoms with Crippen LogP contribution in [0.2, 0.25) is 0 Å². The van der Waals surface area contributed by atoms with Gasteiger partial charge in [-0.2, -0.15) is 0 Å². The molecule has 0 amide bonds. The predicted octanol–water partition coefficient (Wildman–Crippen LogP) is 3.08. The fourth-order valence-corrected chi connectivity index (χ4v) is 2.73. The third kappa shape index (κ3) is 3.46. The van der Waals surface area contributed by atoms with E-state index in [1.165, 1.54) is 25.7 Å². The standard InChI is InChI=1S/C15H23N3O/c1-10-9-11(2)18-15(13(10)14(16)17)19-12-7-5-3-4-6-8-12/h9,12H,3-8H2,1-2H3,(H3,16,17). The Bertz CT molecular complexity index is 463. The number of rotatable bonds is 3.